The van der Waals surface area contributed by atoms with Gasteiger partial charge < -0.3 is 10.6 Å². The molecule has 1 aliphatic rings. The molecule has 0 amide bonds. The molecule has 0 spiro atoms. The van der Waals surface area contributed by atoms with Crippen LogP contribution in [0.15, 0.2) is 47.4 Å². The Morgan fingerprint density at radius 3 is 2.40 bits per heavy atom. The molecule has 1 heterocycles. The van der Waals surface area contributed by atoms with Crippen LogP contribution in [0.4, 0.5) is 5.69 Å². The second-order valence-corrected chi connectivity index (χ2v) is 8.16. The van der Waals surface area contributed by atoms with Crippen LogP contribution in [0.3, 0.4) is 0 Å². The molecule has 5 nitrogen and oxygen atoms in total. The molecule has 0 fully saturated rings. The fourth-order valence-corrected chi connectivity index (χ4v) is 5.12. The first-order chi connectivity index (χ1) is 12.0. The van der Waals surface area contributed by atoms with Crippen LogP contribution in [0.1, 0.15) is 19.4 Å². The Kier molecular flexibility index (Phi) is 5.13. The lowest BCUT2D eigenvalue weighted by Gasteiger charge is -2.22. The van der Waals surface area contributed by atoms with Crippen molar-refractivity contribution in [3.8, 4) is 11.1 Å². The summed E-state index contributed by atoms with van der Waals surface area (Å²) >= 11 is 0. The highest BCUT2D eigenvalue weighted by Gasteiger charge is 2.36. The molecule has 0 aliphatic carbocycles. The van der Waals surface area contributed by atoms with E-state index in [1.165, 1.54) is 0 Å². The first kappa shape index (κ1) is 17.9. The van der Waals surface area contributed by atoms with Crippen molar-refractivity contribution in [2.24, 2.45) is 0 Å². The van der Waals surface area contributed by atoms with Crippen molar-refractivity contribution in [3.63, 3.8) is 0 Å². The summed E-state index contributed by atoms with van der Waals surface area (Å²) in [6.45, 7) is 7.74. The molecule has 0 radical (unpaired) electrons. The summed E-state index contributed by atoms with van der Waals surface area (Å²) in [5.74, 6) is 0. The van der Waals surface area contributed by atoms with Crippen LogP contribution < -0.4 is 5.73 Å². The van der Waals surface area contributed by atoms with Crippen LogP contribution >= 0.6 is 0 Å². The van der Waals surface area contributed by atoms with Gasteiger partial charge in [0.05, 0.1) is 4.90 Å². The molecule has 2 N–H and O–H groups in total. The Morgan fingerprint density at radius 1 is 1.08 bits per heavy atom. The lowest BCUT2D eigenvalue weighted by atomic mass is 10.0. The maximum Gasteiger partial charge on any atom is 0.244 e. The van der Waals surface area contributed by atoms with E-state index in [0.29, 0.717) is 23.7 Å². The molecule has 2 aromatic rings. The first-order valence-electron chi connectivity index (χ1n) is 8.67. The highest BCUT2D eigenvalue weighted by atomic mass is 32.2. The topological polar surface area (TPSA) is 66.6 Å². The number of anilines is 1. The number of likely N-dealkylation sites (N-methyl/N-ethyl adjacent to an activating group) is 1. The summed E-state index contributed by atoms with van der Waals surface area (Å²) in [5, 5.41) is 0. The Labute approximate surface area is 150 Å². The lowest BCUT2D eigenvalue weighted by molar-refractivity contribution is 0.272. The van der Waals surface area contributed by atoms with Gasteiger partial charge in [-0.2, -0.15) is 4.31 Å². The third-order valence-corrected chi connectivity index (χ3v) is 6.81. The second kappa shape index (κ2) is 7.15. The molecule has 0 atom stereocenters. The highest BCUT2D eigenvalue weighted by Crippen LogP contribution is 2.38. The first-order valence-corrected chi connectivity index (χ1v) is 10.1. The Balaban J connectivity index is 1.94. The molecular weight excluding hydrogens is 334 g/mol. The van der Waals surface area contributed by atoms with Gasteiger partial charge in [-0.25, -0.2) is 8.42 Å². The number of benzene rings is 2. The number of rotatable bonds is 6. The van der Waals surface area contributed by atoms with Crippen LogP contribution in [0.25, 0.3) is 11.1 Å². The molecule has 0 bridgehead atoms. The van der Waals surface area contributed by atoms with Crippen LogP contribution in [0.2, 0.25) is 0 Å². The van der Waals surface area contributed by atoms with Gasteiger partial charge in [-0.1, -0.05) is 44.2 Å². The molecule has 134 valence electrons. The van der Waals surface area contributed by atoms with E-state index >= 15 is 0 Å². The quantitative estimate of drug-likeness (QED) is 0.806. The normalized spacial score (nSPS) is 16.3. The fraction of sp³-hybridized carbons (Fsp3) is 0.368. The minimum Gasteiger partial charge on any atom is -0.399 e. The van der Waals surface area contributed by atoms with Crippen molar-refractivity contribution in [1.29, 1.82) is 0 Å². The summed E-state index contributed by atoms with van der Waals surface area (Å²) in [7, 11) is -3.47. The molecule has 0 saturated carbocycles. The van der Waals surface area contributed by atoms with Crippen molar-refractivity contribution in [2.45, 2.75) is 25.3 Å². The molecule has 0 aromatic heterocycles. The Bertz CT molecular complexity index is 843. The summed E-state index contributed by atoms with van der Waals surface area (Å²) in [4.78, 5) is 2.68. The number of nitrogen functional groups attached to an aromatic ring is 1. The number of fused-ring (bicyclic) bond motifs is 1. The van der Waals surface area contributed by atoms with E-state index in [9.17, 15) is 8.42 Å². The Morgan fingerprint density at radius 2 is 1.76 bits per heavy atom. The van der Waals surface area contributed by atoms with Gasteiger partial charge in [-0.05, 0) is 36.3 Å². The molecular formula is C19H25N3O2S. The zero-order valence-corrected chi connectivity index (χ0v) is 15.6. The molecule has 3 rings (SSSR count). The van der Waals surface area contributed by atoms with Gasteiger partial charge in [0.2, 0.25) is 10.0 Å². The fourth-order valence-electron chi connectivity index (χ4n) is 3.30. The summed E-state index contributed by atoms with van der Waals surface area (Å²) in [6.07, 6.45) is 0. The molecule has 1 aliphatic heterocycles. The molecule has 6 heteroatoms. The number of sulfonamides is 1. The zero-order chi connectivity index (χ0) is 18.0. The van der Waals surface area contributed by atoms with Gasteiger partial charge >= 0.3 is 0 Å². The predicted molar refractivity (Wildman–Crippen MR) is 102 cm³/mol. The van der Waals surface area contributed by atoms with E-state index in [1.54, 1.807) is 16.4 Å². The highest BCUT2D eigenvalue weighted by molar-refractivity contribution is 7.89. The molecule has 0 unspecified atom stereocenters. The molecule has 25 heavy (non-hydrogen) atoms. The van der Waals surface area contributed by atoms with Crippen molar-refractivity contribution in [2.75, 3.05) is 31.9 Å². The standard InChI is InChI=1S/C19H25N3O2S/c1-3-21(4-2)12-13-22-14-16-6-5-7-18(19(16)25(22,23)24)15-8-10-17(20)11-9-15/h5-11H,3-4,12-14,20H2,1-2H3. The third-order valence-electron chi connectivity index (χ3n) is 4.82. The van der Waals surface area contributed by atoms with E-state index in [4.69, 9.17) is 5.73 Å². The summed E-state index contributed by atoms with van der Waals surface area (Å²) in [5.41, 5.74) is 8.92. The zero-order valence-electron chi connectivity index (χ0n) is 14.8. The van der Waals surface area contributed by atoms with Crippen molar-refractivity contribution < 1.29 is 8.42 Å². The minimum atomic E-state index is -3.47. The van der Waals surface area contributed by atoms with Crippen LogP contribution in [0, 0.1) is 0 Å². The van der Waals surface area contributed by atoms with Gasteiger partial charge in [-0.15, -0.1) is 0 Å². The van der Waals surface area contributed by atoms with E-state index < -0.39 is 10.0 Å². The van der Waals surface area contributed by atoms with Crippen molar-refractivity contribution >= 4 is 15.7 Å². The summed E-state index contributed by atoms with van der Waals surface area (Å²) in [6, 6.07) is 13.1. The predicted octanol–water partition coefficient (Wildman–Crippen LogP) is 2.78. The van der Waals surface area contributed by atoms with Gasteiger partial charge in [-0.3, -0.25) is 0 Å². The van der Waals surface area contributed by atoms with Crippen LogP contribution in [0.5, 0.6) is 0 Å². The lowest BCUT2D eigenvalue weighted by Crippen LogP contribution is -2.35. The maximum atomic E-state index is 13.1. The third kappa shape index (κ3) is 3.42. The average Bonchev–Trinajstić information content (AvgIpc) is 2.87. The van der Waals surface area contributed by atoms with E-state index in [0.717, 1.165) is 36.3 Å². The van der Waals surface area contributed by atoms with Gasteiger partial charge in [0.15, 0.2) is 0 Å². The van der Waals surface area contributed by atoms with E-state index in [2.05, 4.69) is 18.7 Å². The SMILES string of the molecule is CCN(CC)CCN1Cc2cccc(-c3ccc(N)cc3)c2S1(=O)=O. The van der Waals surface area contributed by atoms with E-state index in [1.807, 2.05) is 30.3 Å². The Hall–Kier alpha value is -1.89. The van der Waals surface area contributed by atoms with Crippen molar-refractivity contribution in [3.05, 3.63) is 48.0 Å². The maximum absolute atomic E-state index is 13.1. The van der Waals surface area contributed by atoms with Gasteiger partial charge in [0.25, 0.3) is 0 Å². The average molecular weight is 359 g/mol. The smallest absolute Gasteiger partial charge is 0.244 e. The van der Waals surface area contributed by atoms with Crippen LogP contribution in [-0.4, -0.2) is 43.8 Å². The molecule has 0 saturated heterocycles. The molecule has 2 aromatic carbocycles. The summed E-state index contributed by atoms with van der Waals surface area (Å²) < 4.78 is 27.8. The monoisotopic (exact) mass is 359 g/mol. The van der Waals surface area contributed by atoms with Gasteiger partial charge in [0.1, 0.15) is 0 Å². The van der Waals surface area contributed by atoms with Crippen molar-refractivity contribution in [1.82, 2.24) is 9.21 Å². The minimum absolute atomic E-state index is 0.444. The number of hydrogen-bond donors (Lipinski definition) is 1. The number of nitrogens with two attached hydrogens (primary N) is 1. The van der Waals surface area contributed by atoms with Crippen LogP contribution in [-0.2, 0) is 16.6 Å². The largest absolute Gasteiger partial charge is 0.399 e. The van der Waals surface area contributed by atoms with E-state index in [-0.39, 0.29) is 0 Å². The van der Waals surface area contributed by atoms with Gasteiger partial charge in [0, 0.05) is 30.9 Å². The second-order valence-electron chi connectivity index (χ2n) is 6.28. The number of hydrogen-bond acceptors (Lipinski definition) is 4. The number of nitrogens with zero attached hydrogens (tertiary/aromatic N) is 2.